The van der Waals surface area contributed by atoms with Gasteiger partial charge in [-0.3, -0.25) is 19.7 Å². The number of halogens is 1. The van der Waals surface area contributed by atoms with Crippen LogP contribution in [-0.4, -0.2) is 21.9 Å². The largest absolute Gasteiger partial charge is 0.369 e. The Morgan fingerprint density at radius 1 is 1.33 bits per heavy atom. The van der Waals surface area contributed by atoms with E-state index in [0.29, 0.717) is 34.7 Å². The molecule has 0 atom stereocenters. The molecule has 3 rings (SSSR count). The molecule has 8 heteroatoms. The summed E-state index contributed by atoms with van der Waals surface area (Å²) in [4.78, 5) is 27.0. The van der Waals surface area contributed by atoms with Gasteiger partial charge in [0.2, 0.25) is 6.41 Å². The second kappa shape index (κ2) is 6.21. The molecule has 7 nitrogen and oxygen atoms in total. The number of benzene rings is 2. The number of guanidine groups is 1. The van der Waals surface area contributed by atoms with E-state index in [1.165, 1.54) is 0 Å². The molecule has 2 aromatic carbocycles. The summed E-state index contributed by atoms with van der Waals surface area (Å²) in [5.41, 5.74) is 7.50. The monoisotopic (exact) mass is 343 g/mol. The van der Waals surface area contributed by atoms with Crippen molar-refractivity contribution in [2.75, 3.05) is 4.90 Å². The van der Waals surface area contributed by atoms with Crippen LogP contribution in [0.5, 0.6) is 0 Å². The zero-order chi connectivity index (χ0) is 17.3. The van der Waals surface area contributed by atoms with E-state index in [1.807, 2.05) is 18.2 Å². The fourth-order valence-corrected chi connectivity index (χ4v) is 2.71. The number of aromatic amines is 1. The summed E-state index contributed by atoms with van der Waals surface area (Å²) >= 11 is 6.16. The van der Waals surface area contributed by atoms with Crippen molar-refractivity contribution < 1.29 is 4.79 Å². The van der Waals surface area contributed by atoms with Crippen molar-refractivity contribution in [3.05, 3.63) is 63.5 Å². The summed E-state index contributed by atoms with van der Waals surface area (Å²) in [6, 6.07) is 12.2. The molecule has 0 spiro atoms. The first kappa shape index (κ1) is 15.8. The summed E-state index contributed by atoms with van der Waals surface area (Å²) in [7, 11) is 0. The molecule has 0 bridgehead atoms. The Hall–Kier alpha value is -3.06. The predicted molar refractivity (Wildman–Crippen MR) is 93.6 cm³/mol. The lowest BCUT2D eigenvalue weighted by molar-refractivity contribution is -0.106. The number of nitrogens with two attached hydrogens (primary N) is 1. The molecule has 1 amide bonds. The molecule has 0 saturated carbocycles. The van der Waals surface area contributed by atoms with Crippen LogP contribution in [0.15, 0.2) is 47.3 Å². The number of carbonyl (C=O) groups is 1. The molecule has 0 saturated heterocycles. The lowest BCUT2D eigenvalue weighted by Gasteiger charge is -2.14. The lowest BCUT2D eigenvalue weighted by atomic mass is 10.2. The number of fused-ring (bicyclic) bond motifs is 1. The van der Waals surface area contributed by atoms with E-state index in [0.717, 1.165) is 10.5 Å². The second-order valence-corrected chi connectivity index (χ2v) is 5.58. The van der Waals surface area contributed by atoms with Gasteiger partial charge in [-0.25, -0.2) is 4.79 Å². The van der Waals surface area contributed by atoms with Gasteiger partial charge in [-0.15, -0.1) is 0 Å². The lowest BCUT2D eigenvalue weighted by Crippen LogP contribution is -2.35. The minimum absolute atomic E-state index is 0.289. The fourth-order valence-electron chi connectivity index (χ4n) is 2.51. The van der Waals surface area contributed by atoms with Crippen molar-refractivity contribution in [1.82, 2.24) is 9.55 Å². The van der Waals surface area contributed by atoms with Crippen molar-refractivity contribution in [3.63, 3.8) is 0 Å². The summed E-state index contributed by atoms with van der Waals surface area (Å²) in [5, 5.41) is 7.98. The van der Waals surface area contributed by atoms with Gasteiger partial charge in [0, 0.05) is 5.02 Å². The van der Waals surface area contributed by atoms with E-state index >= 15 is 0 Å². The fraction of sp³-hybridized carbons (Fsp3) is 0.0625. The van der Waals surface area contributed by atoms with Crippen LogP contribution in [0.25, 0.3) is 11.0 Å². The van der Waals surface area contributed by atoms with Crippen LogP contribution in [0.4, 0.5) is 5.69 Å². The standard InChI is InChI=1S/C16H14ClN5O2/c17-12-4-2-1-3-10(12)8-21-14-6-5-11(22(9-23)15(18)19)7-13(14)20-16(21)24/h1-7,9H,8H2,(H3,18,19)(H,20,24). The van der Waals surface area contributed by atoms with Gasteiger partial charge < -0.3 is 10.7 Å². The molecule has 0 aliphatic heterocycles. The molecule has 4 N–H and O–H groups in total. The zero-order valence-corrected chi connectivity index (χ0v) is 13.2. The number of H-pyrrole nitrogens is 1. The number of carbonyl (C=O) groups excluding carboxylic acids is 1. The third kappa shape index (κ3) is 2.77. The number of nitrogens with zero attached hydrogens (tertiary/aromatic N) is 2. The SMILES string of the molecule is N=C(N)N(C=O)c1ccc2c(c1)[nH]c(=O)n2Cc1ccccc1Cl. The van der Waals surface area contributed by atoms with E-state index in [1.54, 1.807) is 28.8 Å². The van der Waals surface area contributed by atoms with Crippen molar-refractivity contribution in [2.24, 2.45) is 5.73 Å². The molecule has 24 heavy (non-hydrogen) atoms. The van der Waals surface area contributed by atoms with Crippen LogP contribution in [0.3, 0.4) is 0 Å². The number of aromatic nitrogens is 2. The molecule has 0 unspecified atom stereocenters. The van der Waals surface area contributed by atoms with Crippen LogP contribution < -0.4 is 16.3 Å². The van der Waals surface area contributed by atoms with Crippen LogP contribution in [0, 0.1) is 5.41 Å². The van der Waals surface area contributed by atoms with Gasteiger partial charge in [-0.05, 0) is 29.8 Å². The van der Waals surface area contributed by atoms with Crippen molar-refractivity contribution >= 4 is 40.7 Å². The molecule has 3 aromatic rings. The first-order valence-electron chi connectivity index (χ1n) is 7.06. The highest BCUT2D eigenvalue weighted by atomic mass is 35.5. The van der Waals surface area contributed by atoms with Crippen molar-refractivity contribution in [3.8, 4) is 0 Å². The number of hydrogen-bond acceptors (Lipinski definition) is 3. The third-order valence-corrected chi connectivity index (χ3v) is 4.06. The topological polar surface area (TPSA) is 108 Å². The first-order chi connectivity index (χ1) is 11.5. The molecule has 0 fully saturated rings. The molecule has 1 aromatic heterocycles. The molecule has 0 radical (unpaired) electrons. The maximum absolute atomic E-state index is 12.3. The smallest absolute Gasteiger partial charge is 0.326 e. The van der Waals surface area contributed by atoms with E-state index in [4.69, 9.17) is 22.7 Å². The van der Waals surface area contributed by atoms with Crippen molar-refractivity contribution in [2.45, 2.75) is 6.54 Å². The van der Waals surface area contributed by atoms with Crippen LogP contribution in [0.2, 0.25) is 5.02 Å². The number of rotatable bonds is 4. The van der Waals surface area contributed by atoms with Gasteiger partial charge in [0.25, 0.3) is 0 Å². The predicted octanol–water partition coefficient (Wildman–Crippen LogP) is 1.89. The Kier molecular flexibility index (Phi) is 4.09. The number of amides is 1. The highest BCUT2D eigenvalue weighted by Gasteiger charge is 2.13. The van der Waals surface area contributed by atoms with E-state index < -0.39 is 5.96 Å². The van der Waals surface area contributed by atoms with Crippen LogP contribution >= 0.6 is 11.6 Å². The van der Waals surface area contributed by atoms with E-state index in [2.05, 4.69) is 4.98 Å². The molecular formula is C16H14ClN5O2. The highest BCUT2D eigenvalue weighted by molar-refractivity contribution is 6.31. The van der Waals surface area contributed by atoms with Crippen LogP contribution in [-0.2, 0) is 11.3 Å². The number of imidazole rings is 1. The number of hydrogen-bond donors (Lipinski definition) is 3. The molecule has 122 valence electrons. The highest BCUT2D eigenvalue weighted by Crippen LogP contribution is 2.21. The van der Waals surface area contributed by atoms with Gasteiger partial charge in [0.05, 0.1) is 23.3 Å². The van der Waals surface area contributed by atoms with Gasteiger partial charge in [0.1, 0.15) is 0 Å². The van der Waals surface area contributed by atoms with Crippen molar-refractivity contribution in [1.29, 1.82) is 5.41 Å². The Balaban J connectivity index is 2.07. The summed E-state index contributed by atoms with van der Waals surface area (Å²) in [5.74, 6) is -0.401. The first-order valence-corrected chi connectivity index (χ1v) is 7.43. The maximum Gasteiger partial charge on any atom is 0.326 e. The number of anilines is 1. The normalized spacial score (nSPS) is 10.7. The van der Waals surface area contributed by atoms with Gasteiger partial charge in [-0.1, -0.05) is 29.8 Å². The average molecular weight is 344 g/mol. The van der Waals surface area contributed by atoms with Gasteiger partial charge in [0.15, 0.2) is 5.96 Å². The minimum atomic E-state index is -0.401. The number of nitrogens with one attached hydrogen (secondary N) is 2. The van der Waals surface area contributed by atoms with Gasteiger partial charge in [-0.2, -0.15) is 0 Å². The summed E-state index contributed by atoms with van der Waals surface area (Å²) < 4.78 is 1.55. The second-order valence-electron chi connectivity index (χ2n) is 5.17. The van der Waals surface area contributed by atoms with E-state index in [9.17, 15) is 9.59 Å². The van der Waals surface area contributed by atoms with E-state index in [-0.39, 0.29) is 5.69 Å². The molecular weight excluding hydrogens is 330 g/mol. The minimum Gasteiger partial charge on any atom is -0.369 e. The average Bonchev–Trinajstić information content (AvgIpc) is 2.85. The zero-order valence-electron chi connectivity index (χ0n) is 12.5. The quantitative estimate of drug-likeness (QED) is 0.382. The molecule has 0 aliphatic carbocycles. The summed E-state index contributed by atoms with van der Waals surface area (Å²) in [6.45, 7) is 0.321. The Labute approximate surface area is 141 Å². The van der Waals surface area contributed by atoms with Gasteiger partial charge >= 0.3 is 5.69 Å². The molecule has 0 aliphatic rings. The Morgan fingerprint density at radius 2 is 2.08 bits per heavy atom. The van der Waals surface area contributed by atoms with Crippen LogP contribution in [0.1, 0.15) is 5.56 Å². The maximum atomic E-state index is 12.3. The Morgan fingerprint density at radius 3 is 2.75 bits per heavy atom. The Bertz CT molecular complexity index is 992. The third-order valence-electron chi connectivity index (χ3n) is 3.69. The summed E-state index contributed by atoms with van der Waals surface area (Å²) in [6.07, 6.45) is 0.447. The molecule has 1 heterocycles.